The molecule has 1 unspecified atom stereocenters. The Morgan fingerprint density at radius 3 is 2.42 bits per heavy atom. The molecule has 12 heavy (non-hydrogen) atoms. The summed E-state index contributed by atoms with van der Waals surface area (Å²) in [6.07, 6.45) is -0.388. The summed E-state index contributed by atoms with van der Waals surface area (Å²) in [6.45, 7) is 5.62. The van der Waals surface area contributed by atoms with E-state index in [1.54, 1.807) is 20.8 Å². The van der Waals surface area contributed by atoms with Crippen LogP contribution in [0.15, 0.2) is 0 Å². The molecule has 0 N–H and O–H groups in total. The zero-order valence-corrected chi connectivity index (χ0v) is 8.38. The number of ether oxygens (including phenoxy) is 1. The Hall–Kier alpha value is -0.630. The molecule has 4 nitrogen and oxygen atoms in total. The summed E-state index contributed by atoms with van der Waals surface area (Å²) >= 11 is 0. The lowest BCUT2D eigenvalue weighted by Crippen LogP contribution is -2.40. The van der Waals surface area contributed by atoms with Crippen LogP contribution < -0.4 is 0 Å². The first-order valence-corrected chi connectivity index (χ1v) is 4.63. The molecule has 0 radical (unpaired) electrons. The van der Waals surface area contributed by atoms with Crippen molar-refractivity contribution >= 4 is 20.3 Å². The number of hydrogen-bond acceptors (Lipinski definition) is 3. The molecule has 1 saturated heterocycles. The van der Waals surface area contributed by atoms with Gasteiger partial charge in [0.15, 0.2) is 5.52 Å². The van der Waals surface area contributed by atoms with Gasteiger partial charge in [-0.3, -0.25) is 9.46 Å². The van der Waals surface area contributed by atoms with Crippen molar-refractivity contribution in [3.05, 3.63) is 0 Å². The second-order valence-electron chi connectivity index (χ2n) is 3.60. The number of hydrogen-bond donors (Lipinski definition) is 0. The summed E-state index contributed by atoms with van der Waals surface area (Å²) < 4.78 is 6.44. The number of carbonyl (C=O) groups excluding carboxylic acids is 2. The lowest BCUT2D eigenvalue weighted by molar-refractivity contribution is -0.114. The highest BCUT2D eigenvalue weighted by atomic mass is 31.1. The van der Waals surface area contributed by atoms with Crippen LogP contribution in [-0.4, -0.2) is 28.4 Å². The Morgan fingerprint density at radius 2 is 2.08 bits per heavy atom. The zero-order chi connectivity index (χ0) is 9.35. The molecule has 1 rings (SSSR count). The zero-order valence-electron chi connectivity index (χ0n) is 7.38. The molecular formula is C7H12NO3P. The van der Waals surface area contributed by atoms with Crippen LogP contribution in [0.2, 0.25) is 0 Å². The van der Waals surface area contributed by atoms with Gasteiger partial charge in [-0.1, -0.05) is 0 Å². The molecule has 0 aromatic carbocycles. The van der Waals surface area contributed by atoms with Crippen molar-refractivity contribution < 1.29 is 14.3 Å². The molecule has 68 valence electrons. The van der Waals surface area contributed by atoms with Crippen molar-refractivity contribution in [2.45, 2.75) is 26.4 Å². The van der Waals surface area contributed by atoms with Gasteiger partial charge in [-0.15, -0.1) is 0 Å². The first-order chi connectivity index (χ1) is 5.38. The predicted molar refractivity (Wildman–Crippen MR) is 46.3 cm³/mol. The van der Waals surface area contributed by atoms with Crippen LogP contribution in [0.1, 0.15) is 20.8 Å². The van der Waals surface area contributed by atoms with Gasteiger partial charge in [0.2, 0.25) is 0 Å². The maximum Gasteiger partial charge on any atom is 0.414 e. The van der Waals surface area contributed by atoms with E-state index in [2.05, 4.69) is 0 Å². The lowest BCUT2D eigenvalue weighted by atomic mass is 10.2. The number of amides is 1. The van der Waals surface area contributed by atoms with E-state index < -0.39 is 5.60 Å². The maximum atomic E-state index is 11.1. The highest BCUT2D eigenvalue weighted by Crippen LogP contribution is 2.31. The van der Waals surface area contributed by atoms with E-state index in [-0.39, 0.29) is 26.9 Å². The van der Waals surface area contributed by atoms with Crippen LogP contribution in [0.5, 0.6) is 0 Å². The van der Waals surface area contributed by atoms with E-state index in [0.717, 1.165) is 0 Å². The average Bonchev–Trinajstić information content (AvgIpc) is 1.76. The summed E-state index contributed by atoms with van der Waals surface area (Å²) in [5.41, 5.74) is -0.360. The molecule has 0 saturated carbocycles. The van der Waals surface area contributed by atoms with Gasteiger partial charge >= 0.3 is 6.09 Å². The van der Waals surface area contributed by atoms with Crippen LogP contribution in [0.4, 0.5) is 4.79 Å². The van der Waals surface area contributed by atoms with Crippen LogP contribution in [-0.2, 0) is 9.53 Å². The van der Waals surface area contributed by atoms with Gasteiger partial charge in [0, 0.05) is 0 Å². The van der Waals surface area contributed by atoms with Gasteiger partial charge in [-0.2, -0.15) is 0 Å². The SMILES string of the molecule is CC(C)(C)OC(=O)N1CC(=O)P1. The Balaban J connectivity index is 2.35. The Kier molecular flexibility index (Phi) is 2.38. The van der Waals surface area contributed by atoms with E-state index in [4.69, 9.17) is 4.74 Å². The largest absolute Gasteiger partial charge is 0.443 e. The van der Waals surface area contributed by atoms with Crippen molar-refractivity contribution in [2.24, 2.45) is 0 Å². The fraction of sp³-hybridized carbons (Fsp3) is 0.714. The highest BCUT2D eigenvalue weighted by molar-refractivity contribution is 7.59. The molecule has 5 heteroatoms. The minimum Gasteiger partial charge on any atom is -0.443 e. The molecule has 1 amide bonds. The van der Waals surface area contributed by atoms with E-state index >= 15 is 0 Å². The van der Waals surface area contributed by atoms with E-state index in [1.165, 1.54) is 4.67 Å². The molecule has 1 atom stereocenters. The summed E-state index contributed by atoms with van der Waals surface area (Å²) in [5, 5.41) is 0. The van der Waals surface area contributed by atoms with Crippen molar-refractivity contribution in [1.29, 1.82) is 0 Å². The van der Waals surface area contributed by atoms with Crippen LogP contribution in [0.25, 0.3) is 0 Å². The number of nitrogens with zero attached hydrogens (tertiary/aromatic N) is 1. The Morgan fingerprint density at radius 1 is 1.58 bits per heavy atom. The fourth-order valence-electron chi connectivity index (χ4n) is 0.705. The second-order valence-corrected chi connectivity index (χ2v) is 4.92. The van der Waals surface area contributed by atoms with E-state index in [0.29, 0.717) is 0 Å². The second kappa shape index (κ2) is 3.02. The Labute approximate surface area is 73.1 Å². The normalized spacial score (nSPS) is 19.2. The van der Waals surface area contributed by atoms with Crippen molar-refractivity contribution in [3.8, 4) is 0 Å². The molecule has 0 aromatic rings. The van der Waals surface area contributed by atoms with Gasteiger partial charge in [-0.25, -0.2) is 4.79 Å². The smallest absolute Gasteiger partial charge is 0.414 e. The quantitative estimate of drug-likeness (QED) is 0.540. The third kappa shape index (κ3) is 2.45. The molecule has 1 heterocycles. The highest BCUT2D eigenvalue weighted by Gasteiger charge is 2.32. The van der Waals surface area contributed by atoms with Gasteiger partial charge in [0.05, 0.1) is 15.3 Å². The molecule has 0 bridgehead atoms. The lowest BCUT2D eigenvalue weighted by Gasteiger charge is -2.31. The summed E-state index contributed by atoms with van der Waals surface area (Å²) in [7, 11) is -0.0280. The van der Waals surface area contributed by atoms with Crippen molar-refractivity contribution in [3.63, 3.8) is 0 Å². The minimum absolute atomic E-state index is 0.0280. The molecule has 1 aliphatic heterocycles. The molecule has 0 spiro atoms. The monoisotopic (exact) mass is 189 g/mol. The van der Waals surface area contributed by atoms with Crippen LogP contribution in [0.3, 0.4) is 0 Å². The van der Waals surface area contributed by atoms with E-state index in [9.17, 15) is 9.59 Å². The Bertz CT molecular complexity index is 213. The summed E-state index contributed by atoms with van der Waals surface area (Å²) in [5.74, 6) is 0. The average molecular weight is 189 g/mol. The predicted octanol–water partition coefficient (Wildman–Crippen LogP) is 1.36. The van der Waals surface area contributed by atoms with Crippen LogP contribution in [0, 0.1) is 0 Å². The first kappa shape index (κ1) is 9.46. The standard InChI is InChI=1S/C7H12NO3P/c1-7(2,3)11-6(10)8-4-5(9)12-8/h12H,4H2,1-3H3. The number of rotatable bonds is 0. The molecule has 0 aromatic heterocycles. The topological polar surface area (TPSA) is 46.6 Å². The third-order valence-electron chi connectivity index (χ3n) is 1.18. The first-order valence-electron chi connectivity index (χ1n) is 3.68. The van der Waals surface area contributed by atoms with Gasteiger partial charge in [0.1, 0.15) is 5.60 Å². The summed E-state index contributed by atoms with van der Waals surface area (Å²) in [6, 6.07) is 0. The molecule has 0 aliphatic carbocycles. The summed E-state index contributed by atoms with van der Waals surface area (Å²) in [4.78, 5) is 21.7. The van der Waals surface area contributed by atoms with Crippen molar-refractivity contribution in [1.82, 2.24) is 4.67 Å². The fourth-order valence-corrected chi connectivity index (χ4v) is 1.33. The van der Waals surface area contributed by atoms with E-state index in [1.807, 2.05) is 0 Å². The third-order valence-corrected chi connectivity index (χ3v) is 2.19. The van der Waals surface area contributed by atoms with Gasteiger partial charge in [-0.05, 0) is 20.8 Å². The molecule has 1 aliphatic rings. The number of carbonyl (C=O) groups is 2. The molecule has 1 fully saturated rings. The van der Waals surface area contributed by atoms with Gasteiger partial charge < -0.3 is 4.74 Å². The van der Waals surface area contributed by atoms with Gasteiger partial charge in [0.25, 0.3) is 0 Å². The van der Waals surface area contributed by atoms with Crippen LogP contribution >= 0.6 is 8.73 Å². The maximum absolute atomic E-state index is 11.1. The minimum atomic E-state index is -0.472. The van der Waals surface area contributed by atoms with Crippen molar-refractivity contribution in [2.75, 3.05) is 6.54 Å². The molecular weight excluding hydrogens is 177 g/mol.